The van der Waals surface area contributed by atoms with Crippen LogP contribution < -0.4 is 5.32 Å². The van der Waals surface area contributed by atoms with Gasteiger partial charge in [0.25, 0.3) is 11.8 Å². The third-order valence-corrected chi connectivity index (χ3v) is 6.15. The van der Waals surface area contributed by atoms with Crippen molar-refractivity contribution in [3.05, 3.63) is 63.9 Å². The van der Waals surface area contributed by atoms with Crippen molar-refractivity contribution in [1.29, 1.82) is 0 Å². The van der Waals surface area contributed by atoms with Crippen molar-refractivity contribution in [2.24, 2.45) is 5.92 Å². The molecule has 1 aliphatic rings. The van der Waals surface area contributed by atoms with E-state index in [2.05, 4.69) is 29.1 Å². The molecule has 1 unspecified atom stereocenters. The highest BCUT2D eigenvalue weighted by molar-refractivity contribution is 6.31. The lowest BCUT2D eigenvalue weighted by molar-refractivity contribution is 0.0791. The molecule has 1 aromatic heterocycles. The average Bonchev–Trinajstić information content (AvgIpc) is 3.42. The number of carbonyl (C=O) groups excluding carboxylic acids is 2. The number of likely N-dealkylation sites (tertiary alicyclic amines) is 1. The minimum atomic E-state index is -0.264. The lowest BCUT2D eigenvalue weighted by atomic mass is 10.0. The monoisotopic (exact) mass is 452 g/mol. The molecule has 0 bridgehead atoms. The van der Waals surface area contributed by atoms with Gasteiger partial charge in [-0.3, -0.25) is 9.59 Å². The summed E-state index contributed by atoms with van der Waals surface area (Å²) in [6.07, 6.45) is 2.84. The second-order valence-corrected chi connectivity index (χ2v) is 9.40. The first-order chi connectivity index (χ1) is 15.3. The maximum atomic E-state index is 13.1. The normalized spacial score (nSPS) is 14.8. The molecule has 32 heavy (non-hydrogen) atoms. The van der Waals surface area contributed by atoms with Gasteiger partial charge >= 0.3 is 0 Å². The number of amides is 2. The summed E-state index contributed by atoms with van der Waals surface area (Å²) in [5.74, 6) is 0.934. The number of aryl methyl sites for hydroxylation is 1. The lowest BCUT2D eigenvalue weighted by Crippen LogP contribution is -2.31. The Morgan fingerprint density at radius 1 is 1.16 bits per heavy atom. The van der Waals surface area contributed by atoms with Crippen molar-refractivity contribution in [3.63, 3.8) is 0 Å². The smallest absolute Gasteiger partial charge is 0.254 e. The molecule has 1 fully saturated rings. The molecule has 6 nitrogen and oxygen atoms in total. The van der Waals surface area contributed by atoms with Crippen LogP contribution in [0.2, 0.25) is 5.02 Å². The zero-order valence-corrected chi connectivity index (χ0v) is 19.5. The summed E-state index contributed by atoms with van der Waals surface area (Å²) < 4.78 is 0. The fourth-order valence-corrected chi connectivity index (χ4v) is 4.42. The van der Waals surface area contributed by atoms with E-state index < -0.39 is 0 Å². The van der Waals surface area contributed by atoms with E-state index in [-0.39, 0.29) is 17.9 Å². The lowest BCUT2D eigenvalue weighted by Gasteiger charge is -2.20. The number of imidazole rings is 1. The third kappa shape index (κ3) is 4.80. The van der Waals surface area contributed by atoms with Crippen LogP contribution in [0.4, 0.5) is 0 Å². The van der Waals surface area contributed by atoms with Gasteiger partial charge in [0, 0.05) is 29.2 Å². The largest absolute Gasteiger partial charge is 0.342 e. The van der Waals surface area contributed by atoms with Gasteiger partial charge in [-0.2, -0.15) is 0 Å². The molecule has 1 atom stereocenters. The molecular weight excluding hydrogens is 424 g/mol. The standard InChI is InChI=1S/C25H29ClN4O2/c1-15(2)12-22(23-27-20-9-7-18(26)14-21(20)28-23)29-24(31)17-6-8-19(16(3)13-17)25(32)30-10-4-5-11-30/h6-9,13-15,22H,4-5,10-12H2,1-3H3,(H,27,28)(H,29,31). The summed E-state index contributed by atoms with van der Waals surface area (Å²) in [7, 11) is 0. The number of nitrogens with zero attached hydrogens (tertiary/aromatic N) is 2. The number of carbonyl (C=O) groups is 2. The van der Waals surface area contributed by atoms with Gasteiger partial charge in [-0.1, -0.05) is 25.4 Å². The van der Waals surface area contributed by atoms with E-state index in [9.17, 15) is 9.59 Å². The molecule has 2 aromatic carbocycles. The fourth-order valence-electron chi connectivity index (χ4n) is 4.25. The molecule has 2 amide bonds. The van der Waals surface area contributed by atoms with Crippen LogP contribution in [-0.4, -0.2) is 39.8 Å². The molecule has 4 rings (SSSR count). The molecule has 2 heterocycles. The molecule has 0 aliphatic carbocycles. The van der Waals surface area contributed by atoms with Crippen LogP contribution in [0.5, 0.6) is 0 Å². The minimum absolute atomic E-state index is 0.0468. The maximum absolute atomic E-state index is 13.1. The van der Waals surface area contributed by atoms with E-state index in [0.29, 0.717) is 27.9 Å². The zero-order valence-electron chi connectivity index (χ0n) is 18.7. The number of hydrogen-bond donors (Lipinski definition) is 2. The number of H-pyrrole nitrogens is 1. The number of hydrogen-bond acceptors (Lipinski definition) is 3. The second-order valence-electron chi connectivity index (χ2n) is 8.97. The predicted molar refractivity (Wildman–Crippen MR) is 127 cm³/mol. The van der Waals surface area contributed by atoms with Crippen LogP contribution in [0.3, 0.4) is 0 Å². The molecule has 0 saturated carbocycles. The van der Waals surface area contributed by atoms with Crippen molar-refractivity contribution < 1.29 is 9.59 Å². The Hall–Kier alpha value is -2.86. The number of nitrogens with one attached hydrogen (secondary N) is 2. The molecule has 1 aliphatic heterocycles. The third-order valence-electron chi connectivity index (χ3n) is 5.92. The van der Waals surface area contributed by atoms with Crippen LogP contribution >= 0.6 is 11.6 Å². The number of halogens is 1. The van der Waals surface area contributed by atoms with E-state index >= 15 is 0 Å². The van der Waals surface area contributed by atoms with Gasteiger partial charge in [0.15, 0.2) is 0 Å². The summed E-state index contributed by atoms with van der Waals surface area (Å²) in [6.45, 7) is 7.72. The average molecular weight is 453 g/mol. The Labute approximate surface area is 193 Å². The topological polar surface area (TPSA) is 78.1 Å². The number of benzene rings is 2. The Morgan fingerprint density at radius 2 is 1.91 bits per heavy atom. The summed E-state index contributed by atoms with van der Waals surface area (Å²) in [6, 6.07) is 10.5. The van der Waals surface area contributed by atoms with Crippen molar-refractivity contribution in [2.45, 2.75) is 46.1 Å². The summed E-state index contributed by atoms with van der Waals surface area (Å²) in [4.78, 5) is 35.7. The zero-order chi connectivity index (χ0) is 22.8. The Balaban J connectivity index is 1.55. The highest BCUT2D eigenvalue weighted by Crippen LogP contribution is 2.25. The summed E-state index contributed by atoms with van der Waals surface area (Å²) in [5.41, 5.74) is 3.67. The van der Waals surface area contributed by atoms with Gasteiger partial charge in [0.2, 0.25) is 0 Å². The number of rotatable bonds is 6. The highest BCUT2D eigenvalue weighted by Gasteiger charge is 2.23. The second kappa shape index (κ2) is 9.33. The van der Waals surface area contributed by atoms with E-state index in [0.717, 1.165) is 48.9 Å². The van der Waals surface area contributed by atoms with E-state index in [1.54, 1.807) is 18.2 Å². The van der Waals surface area contributed by atoms with Crippen molar-refractivity contribution >= 4 is 34.4 Å². The molecule has 0 spiro atoms. The van der Waals surface area contributed by atoms with Gasteiger partial charge in [-0.15, -0.1) is 0 Å². The Bertz CT molecular complexity index is 1150. The van der Waals surface area contributed by atoms with E-state index in [1.165, 1.54) is 0 Å². The van der Waals surface area contributed by atoms with Crippen molar-refractivity contribution in [3.8, 4) is 0 Å². The Kier molecular flexibility index (Phi) is 6.51. The number of aromatic amines is 1. The fraction of sp³-hybridized carbons (Fsp3) is 0.400. The molecule has 2 N–H and O–H groups in total. The van der Waals surface area contributed by atoms with Crippen molar-refractivity contribution in [1.82, 2.24) is 20.2 Å². The SMILES string of the molecule is Cc1cc(C(=O)NC(CC(C)C)c2nc3cc(Cl)ccc3[nH]2)ccc1C(=O)N1CCCC1. The van der Waals surface area contributed by atoms with Gasteiger partial charge in [0.1, 0.15) is 5.82 Å². The molecule has 168 valence electrons. The van der Waals surface area contributed by atoms with Gasteiger partial charge in [-0.05, 0) is 74.1 Å². The van der Waals surface area contributed by atoms with Crippen LogP contribution in [-0.2, 0) is 0 Å². The van der Waals surface area contributed by atoms with E-state index in [4.69, 9.17) is 11.6 Å². The van der Waals surface area contributed by atoms with Crippen molar-refractivity contribution in [2.75, 3.05) is 13.1 Å². The molecular formula is C25H29ClN4O2. The quantitative estimate of drug-likeness (QED) is 0.534. The molecule has 1 saturated heterocycles. The summed E-state index contributed by atoms with van der Waals surface area (Å²) in [5, 5.41) is 3.75. The number of fused-ring (bicyclic) bond motifs is 1. The first-order valence-corrected chi connectivity index (χ1v) is 11.6. The molecule has 0 radical (unpaired) electrons. The van der Waals surface area contributed by atoms with Crippen LogP contribution in [0.25, 0.3) is 11.0 Å². The van der Waals surface area contributed by atoms with Gasteiger partial charge in [0.05, 0.1) is 17.1 Å². The van der Waals surface area contributed by atoms with Gasteiger partial charge < -0.3 is 15.2 Å². The summed E-state index contributed by atoms with van der Waals surface area (Å²) >= 11 is 6.10. The van der Waals surface area contributed by atoms with Crippen LogP contribution in [0.15, 0.2) is 36.4 Å². The first kappa shape index (κ1) is 22.3. The minimum Gasteiger partial charge on any atom is -0.342 e. The molecule has 3 aromatic rings. The number of aromatic nitrogens is 2. The highest BCUT2D eigenvalue weighted by atomic mass is 35.5. The predicted octanol–water partition coefficient (Wildman–Crippen LogP) is 5.28. The van der Waals surface area contributed by atoms with Gasteiger partial charge in [-0.25, -0.2) is 4.98 Å². The van der Waals surface area contributed by atoms with E-state index in [1.807, 2.05) is 30.0 Å². The Morgan fingerprint density at radius 3 is 2.59 bits per heavy atom. The maximum Gasteiger partial charge on any atom is 0.254 e. The van der Waals surface area contributed by atoms with Crippen LogP contribution in [0, 0.1) is 12.8 Å². The van der Waals surface area contributed by atoms with Crippen LogP contribution in [0.1, 0.15) is 71.3 Å². The first-order valence-electron chi connectivity index (χ1n) is 11.2. The molecule has 7 heteroatoms.